The summed E-state index contributed by atoms with van der Waals surface area (Å²) in [5.41, 5.74) is 2.21. The van der Waals surface area contributed by atoms with Gasteiger partial charge in [0.25, 0.3) is 0 Å². The highest BCUT2D eigenvalue weighted by molar-refractivity contribution is 6.32. The molecule has 0 saturated heterocycles. The van der Waals surface area contributed by atoms with Gasteiger partial charge in [-0.2, -0.15) is 0 Å². The van der Waals surface area contributed by atoms with Crippen molar-refractivity contribution in [3.63, 3.8) is 0 Å². The van der Waals surface area contributed by atoms with Gasteiger partial charge in [0.2, 0.25) is 0 Å². The van der Waals surface area contributed by atoms with E-state index >= 15 is 0 Å². The molecule has 2 aromatic rings. The van der Waals surface area contributed by atoms with E-state index in [1.807, 2.05) is 13.8 Å². The van der Waals surface area contributed by atoms with Gasteiger partial charge in [-0.15, -0.1) is 0 Å². The van der Waals surface area contributed by atoms with Crippen molar-refractivity contribution in [1.82, 2.24) is 4.98 Å². The molecule has 0 spiro atoms. The van der Waals surface area contributed by atoms with E-state index in [0.29, 0.717) is 22.9 Å². The Labute approximate surface area is 98.4 Å². The molecule has 84 valence electrons. The number of aldehydes is 1. The summed E-state index contributed by atoms with van der Waals surface area (Å²) in [4.78, 5) is 14.8. The van der Waals surface area contributed by atoms with Crippen LogP contribution in [0, 0.1) is 0 Å². The van der Waals surface area contributed by atoms with Crippen LogP contribution in [0.3, 0.4) is 0 Å². The van der Waals surface area contributed by atoms with Crippen molar-refractivity contribution in [3.8, 4) is 0 Å². The molecule has 1 aromatic heterocycles. The number of carbonyl (C=O) groups is 1. The summed E-state index contributed by atoms with van der Waals surface area (Å²) in [7, 11) is 0. The molecule has 0 aliphatic carbocycles. The number of carbonyl (C=O) groups excluding carboxylic acids is 1. The van der Waals surface area contributed by atoms with Crippen molar-refractivity contribution in [2.75, 3.05) is 0 Å². The first-order valence-corrected chi connectivity index (χ1v) is 5.52. The number of hydrogen-bond donors (Lipinski definition) is 0. The summed E-state index contributed by atoms with van der Waals surface area (Å²) in [6, 6.07) is 3.52. The van der Waals surface area contributed by atoms with Gasteiger partial charge in [0.05, 0.1) is 0 Å². The molecule has 0 aliphatic heterocycles. The molecule has 1 aromatic carbocycles. The lowest BCUT2D eigenvalue weighted by Crippen LogP contribution is -1.87. The van der Waals surface area contributed by atoms with Gasteiger partial charge in [0, 0.05) is 23.4 Å². The SMILES string of the molecule is CC(C)c1nc2cc(CC=O)c(Cl)cc2o1. The minimum atomic E-state index is 0.237. The molecule has 0 saturated carbocycles. The normalized spacial score (nSPS) is 11.2. The molecule has 3 nitrogen and oxygen atoms in total. The number of benzene rings is 1. The summed E-state index contributed by atoms with van der Waals surface area (Å²) in [5.74, 6) is 0.926. The topological polar surface area (TPSA) is 43.1 Å². The molecule has 0 unspecified atom stereocenters. The van der Waals surface area contributed by atoms with Gasteiger partial charge in [0.1, 0.15) is 11.8 Å². The monoisotopic (exact) mass is 237 g/mol. The molecular formula is C12H12ClNO2. The maximum atomic E-state index is 10.5. The second-order valence-electron chi connectivity index (χ2n) is 3.99. The van der Waals surface area contributed by atoms with Gasteiger partial charge < -0.3 is 9.21 Å². The molecule has 0 N–H and O–H groups in total. The van der Waals surface area contributed by atoms with Crippen molar-refractivity contribution in [2.24, 2.45) is 0 Å². The molecule has 1 heterocycles. The van der Waals surface area contributed by atoms with Gasteiger partial charge in [-0.1, -0.05) is 25.4 Å². The molecule has 0 amide bonds. The Bertz CT molecular complexity index is 531. The van der Waals surface area contributed by atoms with Crippen LogP contribution >= 0.6 is 11.6 Å². The lowest BCUT2D eigenvalue weighted by Gasteiger charge is -1.97. The van der Waals surface area contributed by atoms with E-state index in [9.17, 15) is 4.79 Å². The smallest absolute Gasteiger partial charge is 0.198 e. The van der Waals surface area contributed by atoms with Gasteiger partial charge in [-0.25, -0.2) is 4.98 Å². The number of nitrogens with zero attached hydrogens (tertiary/aromatic N) is 1. The number of fused-ring (bicyclic) bond motifs is 1. The first kappa shape index (κ1) is 11.1. The average Bonchev–Trinajstić information content (AvgIpc) is 2.61. The second kappa shape index (κ2) is 4.26. The van der Waals surface area contributed by atoms with E-state index in [-0.39, 0.29) is 5.92 Å². The first-order chi connectivity index (χ1) is 7.61. The molecule has 2 rings (SSSR count). The zero-order chi connectivity index (χ0) is 11.7. The highest BCUT2D eigenvalue weighted by Crippen LogP contribution is 2.27. The van der Waals surface area contributed by atoms with Crippen LogP contribution in [0.2, 0.25) is 5.02 Å². The minimum Gasteiger partial charge on any atom is -0.440 e. The van der Waals surface area contributed by atoms with Gasteiger partial charge in [-0.05, 0) is 11.6 Å². The van der Waals surface area contributed by atoms with Crippen LogP contribution in [0.15, 0.2) is 16.5 Å². The van der Waals surface area contributed by atoms with E-state index in [1.54, 1.807) is 12.1 Å². The Morgan fingerprint density at radius 1 is 1.50 bits per heavy atom. The van der Waals surface area contributed by atoms with Crippen molar-refractivity contribution < 1.29 is 9.21 Å². The largest absolute Gasteiger partial charge is 0.440 e. The van der Waals surface area contributed by atoms with E-state index in [2.05, 4.69) is 4.98 Å². The van der Waals surface area contributed by atoms with E-state index in [0.717, 1.165) is 17.4 Å². The molecular weight excluding hydrogens is 226 g/mol. The van der Waals surface area contributed by atoms with Crippen LogP contribution in [0.25, 0.3) is 11.1 Å². The molecule has 0 atom stereocenters. The maximum absolute atomic E-state index is 10.5. The van der Waals surface area contributed by atoms with Gasteiger partial charge in [0.15, 0.2) is 11.5 Å². The molecule has 0 fully saturated rings. The second-order valence-corrected chi connectivity index (χ2v) is 4.40. The lowest BCUT2D eigenvalue weighted by molar-refractivity contribution is -0.107. The molecule has 16 heavy (non-hydrogen) atoms. The standard InChI is InChI=1S/C12H12ClNO2/c1-7(2)12-14-10-5-8(3-4-15)9(13)6-11(10)16-12/h4-7H,3H2,1-2H3. The fourth-order valence-electron chi connectivity index (χ4n) is 1.50. The summed E-state index contributed by atoms with van der Waals surface area (Å²) in [6.45, 7) is 4.03. The van der Waals surface area contributed by atoms with Gasteiger partial charge in [-0.3, -0.25) is 0 Å². The van der Waals surface area contributed by atoms with E-state index in [1.165, 1.54) is 0 Å². The summed E-state index contributed by atoms with van der Waals surface area (Å²) >= 11 is 6.02. The quantitative estimate of drug-likeness (QED) is 0.769. The Kier molecular flexibility index (Phi) is 2.97. The fraction of sp³-hybridized carbons (Fsp3) is 0.333. The van der Waals surface area contributed by atoms with E-state index in [4.69, 9.17) is 16.0 Å². The molecule has 4 heteroatoms. The molecule has 0 aliphatic rings. The number of hydrogen-bond acceptors (Lipinski definition) is 3. The van der Waals surface area contributed by atoms with Crippen LogP contribution in [0.5, 0.6) is 0 Å². The third-order valence-corrected chi connectivity index (χ3v) is 2.72. The first-order valence-electron chi connectivity index (χ1n) is 5.14. The number of aromatic nitrogens is 1. The average molecular weight is 238 g/mol. The zero-order valence-corrected chi connectivity index (χ0v) is 9.91. The Balaban J connectivity index is 2.56. The third-order valence-electron chi connectivity index (χ3n) is 2.37. The maximum Gasteiger partial charge on any atom is 0.198 e. The van der Waals surface area contributed by atoms with Crippen LogP contribution in [0.4, 0.5) is 0 Å². The Morgan fingerprint density at radius 3 is 2.88 bits per heavy atom. The van der Waals surface area contributed by atoms with Crippen molar-refractivity contribution >= 4 is 29.0 Å². The van der Waals surface area contributed by atoms with Crippen LogP contribution < -0.4 is 0 Å². The molecule has 0 bridgehead atoms. The minimum absolute atomic E-state index is 0.237. The van der Waals surface area contributed by atoms with Gasteiger partial charge >= 0.3 is 0 Å². The van der Waals surface area contributed by atoms with Crippen molar-refractivity contribution in [2.45, 2.75) is 26.2 Å². The predicted octanol–water partition coefficient (Wildman–Crippen LogP) is 3.35. The molecule has 0 radical (unpaired) electrons. The van der Waals surface area contributed by atoms with Crippen LogP contribution in [-0.4, -0.2) is 11.3 Å². The van der Waals surface area contributed by atoms with E-state index < -0.39 is 0 Å². The zero-order valence-electron chi connectivity index (χ0n) is 9.16. The summed E-state index contributed by atoms with van der Waals surface area (Å²) in [6.07, 6.45) is 1.13. The third kappa shape index (κ3) is 1.95. The Morgan fingerprint density at radius 2 is 2.25 bits per heavy atom. The number of rotatable bonds is 3. The number of halogens is 1. The summed E-state index contributed by atoms with van der Waals surface area (Å²) in [5, 5.41) is 0.547. The Hall–Kier alpha value is -1.35. The highest BCUT2D eigenvalue weighted by Gasteiger charge is 2.11. The predicted molar refractivity (Wildman–Crippen MR) is 62.9 cm³/mol. The van der Waals surface area contributed by atoms with Crippen LogP contribution in [0.1, 0.15) is 31.2 Å². The fourth-order valence-corrected chi connectivity index (χ4v) is 1.73. The van der Waals surface area contributed by atoms with Crippen molar-refractivity contribution in [3.05, 3.63) is 28.6 Å². The number of oxazole rings is 1. The highest BCUT2D eigenvalue weighted by atomic mass is 35.5. The lowest BCUT2D eigenvalue weighted by atomic mass is 10.1. The summed E-state index contributed by atoms with van der Waals surface area (Å²) < 4.78 is 5.56. The van der Waals surface area contributed by atoms with Crippen LogP contribution in [-0.2, 0) is 11.2 Å². The van der Waals surface area contributed by atoms with Crippen molar-refractivity contribution in [1.29, 1.82) is 0 Å².